The van der Waals surface area contributed by atoms with Crippen LogP contribution in [-0.2, 0) is 14.3 Å². The fourth-order valence-corrected chi connectivity index (χ4v) is 6.35. The van der Waals surface area contributed by atoms with Crippen LogP contribution in [0.5, 0.6) is 0 Å². The number of imide groups is 1. The van der Waals surface area contributed by atoms with Gasteiger partial charge in [0.1, 0.15) is 0 Å². The van der Waals surface area contributed by atoms with E-state index in [4.69, 9.17) is 4.74 Å². The van der Waals surface area contributed by atoms with Gasteiger partial charge in [-0.3, -0.25) is 9.59 Å². The number of ether oxygens (including phenoxy) is 1. The Hall–Kier alpha value is -4.25. The highest BCUT2D eigenvalue weighted by molar-refractivity contribution is 6.23. The van der Waals surface area contributed by atoms with Gasteiger partial charge in [-0.05, 0) is 68.2 Å². The highest BCUT2D eigenvalue weighted by Gasteiger charge is 2.62. The number of hydrogen-bond acceptors (Lipinski definition) is 4. The number of carbonyl (C=O) groups excluding carboxylic acids is 3. The van der Waals surface area contributed by atoms with E-state index in [-0.39, 0.29) is 29.8 Å². The number of allylic oxidation sites excluding steroid dienone is 3. The fourth-order valence-electron chi connectivity index (χ4n) is 6.35. The fraction of sp³-hybridized carbons (Fsp3) is 0.265. The van der Waals surface area contributed by atoms with Crippen molar-refractivity contribution >= 4 is 29.0 Å². The van der Waals surface area contributed by atoms with Crippen LogP contribution in [0.4, 0.5) is 5.69 Å². The minimum Gasteiger partial charge on any atom is -0.459 e. The maximum Gasteiger partial charge on any atom is 0.338 e. The van der Waals surface area contributed by atoms with Crippen molar-refractivity contribution in [2.75, 3.05) is 4.90 Å². The normalized spacial score (nSPS) is 23.1. The van der Waals surface area contributed by atoms with Gasteiger partial charge in [-0.25, -0.2) is 9.69 Å². The molecule has 2 fully saturated rings. The Kier molecular flexibility index (Phi) is 6.10. The second-order valence-electron chi connectivity index (χ2n) is 11.1. The molecule has 0 spiro atoms. The monoisotopic (exact) mass is 517 g/mol. The lowest BCUT2D eigenvalue weighted by Gasteiger charge is -2.22. The van der Waals surface area contributed by atoms with E-state index in [0.717, 1.165) is 22.3 Å². The van der Waals surface area contributed by atoms with Crippen molar-refractivity contribution in [3.63, 3.8) is 0 Å². The summed E-state index contributed by atoms with van der Waals surface area (Å²) in [7, 11) is 0. The van der Waals surface area contributed by atoms with Crippen LogP contribution in [0, 0.1) is 37.5 Å². The number of aryl methyl sites for hydroxylation is 2. The van der Waals surface area contributed by atoms with Crippen molar-refractivity contribution in [3.05, 3.63) is 118 Å². The Morgan fingerprint density at radius 3 is 1.74 bits per heavy atom. The van der Waals surface area contributed by atoms with E-state index in [1.807, 2.05) is 0 Å². The third-order valence-corrected chi connectivity index (χ3v) is 8.07. The van der Waals surface area contributed by atoms with Gasteiger partial charge in [-0.1, -0.05) is 77.9 Å². The molecule has 1 saturated heterocycles. The highest BCUT2D eigenvalue weighted by Crippen LogP contribution is 2.58. The minimum absolute atomic E-state index is 0.159. The first-order chi connectivity index (χ1) is 18.7. The Bertz CT molecular complexity index is 1460. The van der Waals surface area contributed by atoms with Gasteiger partial charge in [0.05, 0.1) is 29.2 Å². The lowest BCUT2D eigenvalue weighted by atomic mass is 9.85. The number of anilines is 1. The van der Waals surface area contributed by atoms with Crippen LogP contribution in [0.15, 0.2) is 90.5 Å². The predicted molar refractivity (Wildman–Crippen MR) is 151 cm³/mol. The Balaban J connectivity index is 1.41. The molecule has 1 aliphatic heterocycles. The van der Waals surface area contributed by atoms with Gasteiger partial charge in [0.25, 0.3) is 0 Å². The van der Waals surface area contributed by atoms with E-state index >= 15 is 0 Å². The predicted octanol–water partition coefficient (Wildman–Crippen LogP) is 6.29. The molecule has 3 aromatic carbocycles. The van der Waals surface area contributed by atoms with Gasteiger partial charge in [-0.2, -0.15) is 0 Å². The molecule has 5 nitrogen and oxygen atoms in total. The van der Waals surface area contributed by atoms with Crippen molar-refractivity contribution in [1.82, 2.24) is 0 Å². The summed E-state index contributed by atoms with van der Waals surface area (Å²) in [5, 5.41) is 0. The average Bonchev–Trinajstić information content (AvgIpc) is 3.55. The van der Waals surface area contributed by atoms with Gasteiger partial charge < -0.3 is 4.74 Å². The van der Waals surface area contributed by atoms with Crippen LogP contribution in [0.25, 0.3) is 5.57 Å². The number of benzene rings is 3. The van der Waals surface area contributed by atoms with Crippen LogP contribution >= 0.6 is 0 Å². The SMILES string of the molecule is Cc1ccc(C(=C2[C@H]3C=C[C@H]2[C@H]2C(=O)N(c4cccc(C(=O)OC(C)C)c4)C(=O)[C@H]23)c2ccc(C)cc2)cc1. The largest absolute Gasteiger partial charge is 0.459 e. The number of fused-ring (bicyclic) bond motifs is 5. The first-order valence-corrected chi connectivity index (χ1v) is 13.5. The molecular weight excluding hydrogens is 486 g/mol. The highest BCUT2D eigenvalue weighted by atomic mass is 16.5. The third kappa shape index (κ3) is 4.13. The van der Waals surface area contributed by atoms with Gasteiger partial charge >= 0.3 is 5.97 Å². The van der Waals surface area contributed by atoms with Crippen LogP contribution in [0.2, 0.25) is 0 Å². The molecular formula is C34H31NO4. The zero-order valence-corrected chi connectivity index (χ0v) is 22.5. The molecule has 3 aliphatic rings. The van der Waals surface area contributed by atoms with Crippen molar-refractivity contribution in [3.8, 4) is 0 Å². The molecule has 196 valence electrons. The number of esters is 1. The molecule has 3 aromatic rings. The van der Waals surface area contributed by atoms with Crippen LogP contribution in [0.3, 0.4) is 0 Å². The first-order valence-electron chi connectivity index (χ1n) is 13.5. The molecule has 2 amide bonds. The van der Waals surface area contributed by atoms with E-state index < -0.39 is 17.8 Å². The molecule has 2 aliphatic carbocycles. The minimum atomic E-state index is -0.473. The molecule has 1 heterocycles. The van der Waals surface area contributed by atoms with Crippen molar-refractivity contribution in [1.29, 1.82) is 0 Å². The molecule has 39 heavy (non-hydrogen) atoms. The Morgan fingerprint density at radius 2 is 1.26 bits per heavy atom. The summed E-state index contributed by atoms with van der Waals surface area (Å²) in [6.45, 7) is 7.70. The average molecular weight is 518 g/mol. The smallest absolute Gasteiger partial charge is 0.338 e. The summed E-state index contributed by atoms with van der Waals surface area (Å²) in [6.07, 6.45) is 3.95. The molecule has 6 rings (SSSR count). The molecule has 0 aromatic heterocycles. The topological polar surface area (TPSA) is 63.7 Å². The van der Waals surface area contributed by atoms with Gasteiger partial charge in [0.2, 0.25) is 11.8 Å². The standard InChI is InChI=1S/C34H31NO4/c1-19(2)39-34(38)24-6-5-7-25(18-24)35-32(36)30-26-16-17-27(31(30)33(35)37)29(26)28(22-12-8-20(3)9-13-22)23-14-10-21(4)11-15-23/h5-19,26-27,30-31H,1-4H3/t26-,27-,30-,31+/m1/s1. The lowest BCUT2D eigenvalue weighted by Crippen LogP contribution is -2.33. The Labute approximate surface area is 228 Å². The second-order valence-corrected chi connectivity index (χ2v) is 11.1. The molecule has 1 saturated carbocycles. The third-order valence-electron chi connectivity index (χ3n) is 8.07. The number of rotatable bonds is 5. The van der Waals surface area contributed by atoms with E-state index in [2.05, 4.69) is 74.5 Å². The van der Waals surface area contributed by atoms with E-state index in [1.54, 1.807) is 38.1 Å². The molecule has 4 atom stereocenters. The first kappa shape index (κ1) is 25.1. The van der Waals surface area contributed by atoms with Crippen molar-refractivity contribution in [2.45, 2.75) is 33.8 Å². The number of hydrogen-bond donors (Lipinski definition) is 0. The van der Waals surface area contributed by atoms with Crippen molar-refractivity contribution < 1.29 is 19.1 Å². The summed E-state index contributed by atoms with van der Waals surface area (Å²) in [5.74, 6) is -2.12. The maximum absolute atomic E-state index is 13.9. The molecule has 5 heteroatoms. The van der Waals surface area contributed by atoms with E-state index in [9.17, 15) is 14.4 Å². The van der Waals surface area contributed by atoms with Gasteiger partial charge in [0, 0.05) is 11.8 Å². The molecule has 0 radical (unpaired) electrons. The maximum atomic E-state index is 13.9. The number of amides is 2. The van der Waals surface area contributed by atoms with Crippen LogP contribution in [0.1, 0.15) is 46.5 Å². The number of nitrogens with zero attached hydrogens (tertiary/aromatic N) is 1. The summed E-state index contributed by atoms with van der Waals surface area (Å²) in [5.41, 5.74) is 7.52. The summed E-state index contributed by atoms with van der Waals surface area (Å²) >= 11 is 0. The summed E-state index contributed by atoms with van der Waals surface area (Å²) in [4.78, 5) is 41.6. The van der Waals surface area contributed by atoms with Gasteiger partial charge in [-0.15, -0.1) is 0 Å². The van der Waals surface area contributed by atoms with E-state index in [0.29, 0.717) is 11.3 Å². The van der Waals surface area contributed by atoms with Crippen LogP contribution < -0.4 is 4.90 Å². The molecule has 0 unspecified atom stereocenters. The second kappa shape index (κ2) is 9.49. The van der Waals surface area contributed by atoms with Gasteiger partial charge in [0.15, 0.2) is 0 Å². The summed E-state index contributed by atoms with van der Waals surface area (Å²) in [6, 6.07) is 23.5. The number of carbonyl (C=O) groups is 3. The zero-order valence-electron chi connectivity index (χ0n) is 22.5. The summed E-state index contributed by atoms with van der Waals surface area (Å²) < 4.78 is 5.32. The quantitative estimate of drug-likeness (QED) is 0.227. The van der Waals surface area contributed by atoms with Crippen LogP contribution in [-0.4, -0.2) is 23.9 Å². The lowest BCUT2D eigenvalue weighted by molar-refractivity contribution is -0.122. The molecule has 0 N–H and O–H groups in total. The zero-order chi connectivity index (χ0) is 27.4. The molecule has 2 bridgehead atoms. The van der Waals surface area contributed by atoms with E-state index in [1.165, 1.54) is 16.0 Å². The van der Waals surface area contributed by atoms with Crippen molar-refractivity contribution in [2.24, 2.45) is 23.7 Å². The Morgan fingerprint density at radius 1 is 0.744 bits per heavy atom.